The maximum Gasteiger partial charge on any atom is 0.323 e. The molecular weight excluding hydrogens is 238 g/mol. The standard InChI is InChI=1S/C12H21NO5/c1-17-6-4-13(8-12(15)16)11(14)7-10-3-2-5-18-9-10/h10H,2-9H2,1H3,(H,15,16). The van der Waals surface area contributed by atoms with Gasteiger partial charge in [0.15, 0.2) is 0 Å². The molecule has 1 aliphatic rings. The van der Waals surface area contributed by atoms with Gasteiger partial charge in [0.2, 0.25) is 5.91 Å². The number of amides is 1. The summed E-state index contributed by atoms with van der Waals surface area (Å²) in [5, 5.41) is 8.78. The van der Waals surface area contributed by atoms with E-state index in [1.54, 1.807) is 0 Å². The third-order valence-corrected chi connectivity index (χ3v) is 2.96. The predicted octanol–water partition coefficient (Wildman–Crippen LogP) is 0.363. The lowest BCUT2D eigenvalue weighted by Crippen LogP contribution is -2.39. The Morgan fingerprint density at radius 3 is 2.83 bits per heavy atom. The van der Waals surface area contributed by atoms with Crippen LogP contribution in [0.5, 0.6) is 0 Å². The van der Waals surface area contributed by atoms with Crippen molar-refractivity contribution >= 4 is 11.9 Å². The molecular formula is C12H21NO5. The Labute approximate surface area is 107 Å². The molecule has 1 fully saturated rings. The number of nitrogens with zero attached hydrogens (tertiary/aromatic N) is 1. The first-order chi connectivity index (χ1) is 8.63. The molecule has 0 bridgehead atoms. The van der Waals surface area contributed by atoms with E-state index < -0.39 is 5.97 Å². The van der Waals surface area contributed by atoms with Crippen LogP contribution in [-0.4, -0.2) is 61.9 Å². The number of ether oxygens (including phenoxy) is 2. The topological polar surface area (TPSA) is 76.1 Å². The molecule has 0 saturated carbocycles. The Balaban J connectivity index is 2.43. The van der Waals surface area contributed by atoms with E-state index in [9.17, 15) is 9.59 Å². The highest BCUT2D eigenvalue weighted by Crippen LogP contribution is 2.18. The van der Waals surface area contributed by atoms with E-state index in [0.29, 0.717) is 26.2 Å². The number of methoxy groups -OCH3 is 1. The van der Waals surface area contributed by atoms with Crippen LogP contribution < -0.4 is 0 Å². The molecule has 1 amide bonds. The highest BCUT2D eigenvalue weighted by atomic mass is 16.5. The summed E-state index contributed by atoms with van der Waals surface area (Å²) in [4.78, 5) is 24.0. The van der Waals surface area contributed by atoms with Crippen molar-refractivity contribution in [2.45, 2.75) is 19.3 Å². The highest BCUT2D eigenvalue weighted by molar-refractivity contribution is 5.81. The van der Waals surface area contributed by atoms with Crippen LogP contribution in [0, 0.1) is 5.92 Å². The van der Waals surface area contributed by atoms with Gasteiger partial charge in [-0.1, -0.05) is 0 Å². The van der Waals surface area contributed by atoms with E-state index in [2.05, 4.69) is 0 Å². The van der Waals surface area contributed by atoms with Gasteiger partial charge < -0.3 is 19.5 Å². The average molecular weight is 259 g/mol. The Bertz CT molecular complexity index is 276. The van der Waals surface area contributed by atoms with Crippen molar-refractivity contribution in [3.8, 4) is 0 Å². The molecule has 1 heterocycles. The summed E-state index contributed by atoms with van der Waals surface area (Å²) >= 11 is 0. The predicted molar refractivity (Wildman–Crippen MR) is 64.3 cm³/mol. The summed E-state index contributed by atoms with van der Waals surface area (Å²) in [6, 6.07) is 0. The van der Waals surface area contributed by atoms with Crippen LogP contribution >= 0.6 is 0 Å². The van der Waals surface area contributed by atoms with E-state index >= 15 is 0 Å². The smallest absolute Gasteiger partial charge is 0.323 e. The lowest BCUT2D eigenvalue weighted by atomic mass is 9.98. The molecule has 6 heteroatoms. The monoisotopic (exact) mass is 259 g/mol. The molecule has 1 rings (SSSR count). The average Bonchev–Trinajstić information content (AvgIpc) is 2.35. The maximum absolute atomic E-state index is 12.0. The number of hydrogen-bond acceptors (Lipinski definition) is 4. The van der Waals surface area contributed by atoms with Gasteiger partial charge in [-0.2, -0.15) is 0 Å². The maximum atomic E-state index is 12.0. The molecule has 18 heavy (non-hydrogen) atoms. The molecule has 0 aromatic heterocycles. The van der Waals surface area contributed by atoms with E-state index in [1.165, 1.54) is 12.0 Å². The lowest BCUT2D eigenvalue weighted by molar-refractivity contribution is -0.145. The van der Waals surface area contributed by atoms with Crippen LogP contribution in [0.3, 0.4) is 0 Å². The zero-order valence-corrected chi connectivity index (χ0v) is 10.8. The van der Waals surface area contributed by atoms with Crippen LogP contribution in [0.25, 0.3) is 0 Å². The summed E-state index contributed by atoms with van der Waals surface area (Å²) in [6.07, 6.45) is 2.29. The normalized spacial score (nSPS) is 19.5. The fourth-order valence-corrected chi connectivity index (χ4v) is 2.00. The van der Waals surface area contributed by atoms with Crippen molar-refractivity contribution in [2.75, 3.05) is 40.0 Å². The summed E-state index contributed by atoms with van der Waals surface area (Å²) in [5.41, 5.74) is 0. The Kier molecular flexibility index (Phi) is 6.67. The van der Waals surface area contributed by atoms with Gasteiger partial charge in [-0.05, 0) is 18.8 Å². The number of carboxylic acid groups (broad SMARTS) is 1. The number of carbonyl (C=O) groups excluding carboxylic acids is 1. The van der Waals surface area contributed by atoms with Crippen molar-refractivity contribution in [3.63, 3.8) is 0 Å². The van der Waals surface area contributed by atoms with Gasteiger partial charge >= 0.3 is 5.97 Å². The second kappa shape index (κ2) is 8.05. The summed E-state index contributed by atoms with van der Waals surface area (Å²) in [7, 11) is 1.53. The van der Waals surface area contributed by atoms with E-state index in [4.69, 9.17) is 14.6 Å². The largest absolute Gasteiger partial charge is 0.480 e. The molecule has 1 aliphatic heterocycles. The first-order valence-electron chi connectivity index (χ1n) is 6.19. The number of hydrogen-bond donors (Lipinski definition) is 1. The lowest BCUT2D eigenvalue weighted by Gasteiger charge is -2.25. The second-order valence-electron chi connectivity index (χ2n) is 4.49. The summed E-state index contributed by atoms with van der Waals surface area (Å²) < 4.78 is 10.2. The molecule has 6 nitrogen and oxygen atoms in total. The van der Waals surface area contributed by atoms with Gasteiger partial charge in [-0.25, -0.2) is 0 Å². The van der Waals surface area contributed by atoms with Crippen molar-refractivity contribution in [1.82, 2.24) is 4.90 Å². The van der Waals surface area contributed by atoms with Crippen molar-refractivity contribution < 1.29 is 24.2 Å². The number of aliphatic carboxylic acids is 1. The molecule has 0 spiro atoms. The quantitative estimate of drug-likeness (QED) is 0.714. The Morgan fingerprint density at radius 1 is 1.50 bits per heavy atom. The second-order valence-corrected chi connectivity index (χ2v) is 4.49. The molecule has 0 aromatic carbocycles. The van der Waals surface area contributed by atoms with Crippen molar-refractivity contribution in [3.05, 3.63) is 0 Å². The zero-order chi connectivity index (χ0) is 13.4. The first-order valence-corrected chi connectivity index (χ1v) is 6.19. The highest BCUT2D eigenvalue weighted by Gasteiger charge is 2.22. The summed E-state index contributed by atoms with van der Waals surface area (Å²) in [5.74, 6) is -0.922. The minimum absolute atomic E-state index is 0.134. The molecule has 0 radical (unpaired) electrons. The molecule has 1 unspecified atom stereocenters. The van der Waals surface area contributed by atoms with Gasteiger partial charge in [-0.15, -0.1) is 0 Å². The SMILES string of the molecule is COCCN(CC(=O)O)C(=O)CC1CCCOC1. The van der Waals surface area contributed by atoms with Crippen LogP contribution in [0.15, 0.2) is 0 Å². The summed E-state index contributed by atoms with van der Waals surface area (Å²) in [6.45, 7) is 1.75. The van der Waals surface area contributed by atoms with E-state index in [1.807, 2.05) is 0 Å². The number of rotatable bonds is 7. The number of carboxylic acids is 1. The molecule has 1 N–H and O–H groups in total. The Morgan fingerprint density at radius 2 is 2.28 bits per heavy atom. The minimum Gasteiger partial charge on any atom is -0.480 e. The molecule has 0 aliphatic carbocycles. The third kappa shape index (κ3) is 5.46. The number of carbonyl (C=O) groups is 2. The van der Waals surface area contributed by atoms with Crippen molar-refractivity contribution in [2.24, 2.45) is 5.92 Å². The van der Waals surface area contributed by atoms with Crippen LogP contribution in [0.2, 0.25) is 0 Å². The van der Waals surface area contributed by atoms with Gasteiger partial charge in [0, 0.05) is 33.3 Å². The third-order valence-electron chi connectivity index (χ3n) is 2.96. The zero-order valence-electron chi connectivity index (χ0n) is 10.8. The van der Waals surface area contributed by atoms with Crippen LogP contribution in [-0.2, 0) is 19.1 Å². The molecule has 0 aromatic rings. The Hall–Kier alpha value is -1.14. The van der Waals surface area contributed by atoms with Gasteiger partial charge in [0.1, 0.15) is 6.54 Å². The molecule has 1 atom stereocenters. The van der Waals surface area contributed by atoms with E-state index in [-0.39, 0.29) is 18.4 Å². The van der Waals surface area contributed by atoms with Gasteiger partial charge in [0.05, 0.1) is 6.61 Å². The molecule has 1 saturated heterocycles. The molecule has 104 valence electrons. The first kappa shape index (κ1) is 14.9. The fourth-order valence-electron chi connectivity index (χ4n) is 2.00. The van der Waals surface area contributed by atoms with Crippen LogP contribution in [0.1, 0.15) is 19.3 Å². The minimum atomic E-state index is -1.00. The van der Waals surface area contributed by atoms with Gasteiger partial charge in [0.25, 0.3) is 0 Å². The fraction of sp³-hybridized carbons (Fsp3) is 0.833. The van der Waals surface area contributed by atoms with E-state index in [0.717, 1.165) is 19.4 Å². The van der Waals surface area contributed by atoms with Gasteiger partial charge in [-0.3, -0.25) is 9.59 Å². The van der Waals surface area contributed by atoms with Crippen molar-refractivity contribution in [1.29, 1.82) is 0 Å². The van der Waals surface area contributed by atoms with Crippen LogP contribution in [0.4, 0.5) is 0 Å².